The summed E-state index contributed by atoms with van der Waals surface area (Å²) in [5, 5.41) is 8.85. The first kappa shape index (κ1) is 12.8. The Balaban J connectivity index is 1.59. The quantitative estimate of drug-likeness (QED) is 0.784. The van der Waals surface area contributed by atoms with Crippen molar-refractivity contribution in [3.8, 4) is 0 Å². The zero-order chi connectivity index (χ0) is 14.2. The topological polar surface area (TPSA) is 72.2 Å². The second-order valence-electron chi connectivity index (χ2n) is 4.59. The number of hydrogen-bond acceptors (Lipinski definition) is 6. The molecule has 4 rings (SSSR count). The van der Waals surface area contributed by atoms with Gasteiger partial charge in [-0.05, 0) is 35.2 Å². The number of aryl methyl sites for hydroxylation is 1. The van der Waals surface area contributed by atoms with Gasteiger partial charge in [0.05, 0.1) is 0 Å². The van der Waals surface area contributed by atoms with Gasteiger partial charge in [0.15, 0.2) is 0 Å². The first-order valence-corrected chi connectivity index (χ1v) is 8.40. The third-order valence-electron chi connectivity index (χ3n) is 3.27. The lowest BCUT2D eigenvalue weighted by Crippen LogP contribution is -2.22. The van der Waals surface area contributed by atoms with Crippen molar-refractivity contribution < 1.29 is 4.79 Å². The van der Waals surface area contributed by atoms with Crippen LogP contribution in [-0.2, 0) is 11.2 Å². The Morgan fingerprint density at radius 2 is 2.43 bits per heavy atom. The maximum Gasteiger partial charge on any atom is 0.253 e. The minimum absolute atomic E-state index is 0.0738. The number of carbonyl (C=O) groups excluding carboxylic acids is 1. The molecule has 0 bridgehead atoms. The van der Waals surface area contributed by atoms with E-state index in [1.54, 1.807) is 46.1 Å². The van der Waals surface area contributed by atoms with Gasteiger partial charge in [-0.15, -0.1) is 28.2 Å². The van der Waals surface area contributed by atoms with Crippen LogP contribution in [0.25, 0.3) is 5.78 Å². The fourth-order valence-electron chi connectivity index (χ4n) is 2.33. The Bertz CT molecular complexity index is 779. The fourth-order valence-corrected chi connectivity index (χ4v) is 4.62. The van der Waals surface area contributed by atoms with E-state index >= 15 is 0 Å². The highest BCUT2D eigenvalue weighted by atomic mass is 32.2. The van der Waals surface area contributed by atoms with Crippen molar-refractivity contribution in [3.05, 3.63) is 40.3 Å². The highest BCUT2D eigenvalue weighted by molar-refractivity contribution is 8.00. The van der Waals surface area contributed by atoms with Gasteiger partial charge in [-0.25, -0.2) is 9.50 Å². The Hall–Kier alpha value is -1.93. The smallest absolute Gasteiger partial charge is 0.253 e. The molecule has 0 saturated heterocycles. The van der Waals surface area contributed by atoms with Crippen LogP contribution in [0.2, 0.25) is 0 Å². The molecule has 1 N–H and O–H groups in total. The van der Waals surface area contributed by atoms with E-state index in [0.717, 1.165) is 17.7 Å². The lowest BCUT2D eigenvalue weighted by Gasteiger charge is -2.20. The molecule has 4 heterocycles. The highest BCUT2D eigenvalue weighted by Gasteiger charge is 2.28. The molecule has 0 radical (unpaired) electrons. The summed E-state index contributed by atoms with van der Waals surface area (Å²) in [5.74, 6) is 1.66. The second kappa shape index (κ2) is 5.12. The molecule has 0 aromatic carbocycles. The van der Waals surface area contributed by atoms with Gasteiger partial charge < -0.3 is 0 Å². The van der Waals surface area contributed by atoms with E-state index in [2.05, 4.69) is 20.4 Å². The molecule has 3 aromatic rings. The number of thiophene rings is 1. The normalized spacial score (nSPS) is 17.6. The van der Waals surface area contributed by atoms with E-state index in [1.807, 2.05) is 11.4 Å². The SMILES string of the molecule is O=C(Nc1nc2ncccn2n1)[C@H]1SCCc2sccc21. The maximum absolute atomic E-state index is 12.5. The molecule has 1 atom stereocenters. The molecule has 3 aromatic heterocycles. The molecule has 1 amide bonds. The molecule has 0 unspecified atom stereocenters. The van der Waals surface area contributed by atoms with Crippen molar-refractivity contribution in [2.75, 3.05) is 11.1 Å². The number of nitrogens with zero attached hydrogens (tertiary/aromatic N) is 4. The van der Waals surface area contributed by atoms with Crippen LogP contribution in [0.5, 0.6) is 0 Å². The van der Waals surface area contributed by atoms with Crippen LogP contribution >= 0.6 is 23.1 Å². The number of rotatable bonds is 2. The van der Waals surface area contributed by atoms with Crippen LogP contribution in [0.1, 0.15) is 15.7 Å². The predicted molar refractivity (Wildman–Crippen MR) is 82.6 cm³/mol. The lowest BCUT2D eigenvalue weighted by molar-refractivity contribution is -0.115. The maximum atomic E-state index is 12.5. The number of aromatic nitrogens is 4. The van der Waals surface area contributed by atoms with Gasteiger partial charge in [0.1, 0.15) is 5.25 Å². The van der Waals surface area contributed by atoms with Crippen LogP contribution in [-0.4, -0.2) is 31.2 Å². The summed E-state index contributed by atoms with van der Waals surface area (Å²) in [7, 11) is 0. The van der Waals surface area contributed by atoms with Crippen molar-refractivity contribution >= 4 is 40.7 Å². The number of fused-ring (bicyclic) bond motifs is 2. The molecule has 106 valence electrons. The minimum atomic E-state index is -0.181. The molecule has 0 fully saturated rings. The Morgan fingerprint density at radius 3 is 3.33 bits per heavy atom. The fraction of sp³-hybridized carbons (Fsp3) is 0.231. The lowest BCUT2D eigenvalue weighted by atomic mass is 10.1. The first-order valence-electron chi connectivity index (χ1n) is 6.47. The number of carbonyl (C=O) groups is 1. The summed E-state index contributed by atoms with van der Waals surface area (Å²) in [4.78, 5) is 22.0. The van der Waals surface area contributed by atoms with Gasteiger partial charge in [-0.2, -0.15) is 4.98 Å². The van der Waals surface area contributed by atoms with Gasteiger partial charge in [0, 0.05) is 17.3 Å². The number of anilines is 1. The molecule has 21 heavy (non-hydrogen) atoms. The number of hydrogen-bond donors (Lipinski definition) is 1. The Morgan fingerprint density at radius 1 is 1.48 bits per heavy atom. The summed E-state index contributed by atoms with van der Waals surface area (Å²) >= 11 is 3.38. The monoisotopic (exact) mass is 317 g/mol. The van der Waals surface area contributed by atoms with E-state index in [1.165, 1.54) is 4.88 Å². The molecule has 8 heteroatoms. The van der Waals surface area contributed by atoms with E-state index in [-0.39, 0.29) is 11.2 Å². The van der Waals surface area contributed by atoms with Crippen molar-refractivity contribution in [1.29, 1.82) is 0 Å². The van der Waals surface area contributed by atoms with Gasteiger partial charge in [-0.3, -0.25) is 10.1 Å². The number of thioether (sulfide) groups is 1. The van der Waals surface area contributed by atoms with Crippen LogP contribution in [0, 0.1) is 0 Å². The van der Waals surface area contributed by atoms with E-state index < -0.39 is 0 Å². The summed E-state index contributed by atoms with van der Waals surface area (Å²) in [5.41, 5.74) is 1.12. The van der Waals surface area contributed by atoms with Gasteiger partial charge in [-0.1, -0.05) is 0 Å². The zero-order valence-corrected chi connectivity index (χ0v) is 12.5. The predicted octanol–water partition coefficient (Wildman–Crippen LogP) is 2.15. The van der Waals surface area contributed by atoms with Crippen molar-refractivity contribution in [2.24, 2.45) is 0 Å². The summed E-state index contributed by atoms with van der Waals surface area (Å²) in [6.07, 6.45) is 4.43. The molecule has 0 spiro atoms. The molecule has 6 nitrogen and oxygen atoms in total. The average Bonchev–Trinajstić information content (AvgIpc) is 3.12. The van der Waals surface area contributed by atoms with Crippen molar-refractivity contribution in [3.63, 3.8) is 0 Å². The van der Waals surface area contributed by atoms with Gasteiger partial charge in [0.2, 0.25) is 5.91 Å². The minimum Gasteiger partial charge on any atom is -0.292 e. The van der Waals surface area contributed by atoms with E-state index in [0.29, 0.717) is 11.7 Å². The van der Waals surface area contributed by atoms with Crippen molar-refractivity contribution in [1.82, 2.24) is 19.6 Å². The van der Waals surface area contributed by atoms with Gasteiger partial charge >= 0.3 is 0 Å². The summed E-state index contributed by atoms with van der Waals surface area (Å²) in [6, 6.07) is 3.80. The molecule has 0 saturated carbocycles. The summed E-state index contributed by atoms with van der Waals surface area (Å²) in [6.45, 7) is 0. The molecular formula is C13H11N5OS2. The molecule has 1 aliphatic heterocycles. The van der Waals surface area contributed by atoms with Crippen molar-refractivity contribution in [2.45, 2.75) is 11.7 Å². The number of nitrogens with one attached hydrogen (secondary N) is 1. The van der Waals surface area contributed by atoms with E-state index in [4.69, 9.17) is 0 Å². The highest BCUT2D eigenvalue weighted by Crippen LogP contribution is 2.39. The molecular weight excluding hydrogens is 306 g/mol. The largest absolute Gasteiger partial charge is 0.292 e. The van der Waals surface area contributed by atoms with Crippen LogP contribution in [0.3, 0.4) is 0 Å². The molecule has 1 aliphatic rings. The Kier molecular flexibility index (Phi) is 3.12. The zero-order valence-electron chi connectivity index (χ0n) is 10.9. The second-order valence-corrected chi connectivity index (χ2v) is 6.80. The Labute approximate surface area is 128 Å². The van der Waals surface area contributed by atoms with E-state index in [9.17, 15) is 4.79 Å². The van der Waals surface area contributed by atoms with Crippen LogP contribution < -0.4 is 5.32 Å². The van der Waals surface area contributed by atoms with Crippen LogP contribution in [0.4, 0.5) is 5.95 Å². The third-order valence-corrected chi connectivity index (χ3v) is 5.50. The first-order chi connectivity index (χ1) is 10.3. The van der Waals surface area contributed by atoms with Crippen LogP contribution in [0.15, 0.2) is 29.9 Å². The average molecular weight is 317 g/mol. The summed E-state index contributed by atoms with van der Waals surface area (Å²) < 4.78 is 1.54. The number of amides is 1. The third kappa shape index (κ3) is 2.30. The standard InChI is InChI=1S/C13H11N5OS2/c19-11(10-8-2-6-20-9(8)3-7-21-10)15-12-16-13-14-4-1-5-18(13)17-12/h1-2,4-6,10H,3,7H2,(H,15,17,19)/t10-/m0/s1. The van der Waals surface area contributed by atoms with Gasteiger partial charge in [0.25, 0.3) is 11.7 Å². The molecule has 0 aliphatic carbocycles.